The van der Waals surface area contributed by atoms with Crippen molar-refractivity contribution < 1.29 is 22.4 Å². The summed E-state index contributed by atoms with van der Waals surface area (Å²) >= 11 is 6.46. The predicted octanol–water partition coefficient (Wildman–Crippen LogP) is 1.81. The van der Waals surface area contributed by atoms with E-state index in [9.17, 15) is 18.0 Å². The molecule has 0 aromatic carbocycles. The van der Waals surface area contributed by atoms with Crippen LogP contribution in [0.3, 0.4) is 0 Å². The number of furan rings is 1. The van der Waals surface area contributed by atoms with Crippen LogP contribution in [0.2, 0.25) is 0 Å². The Kier molecular flexibility index (Phi) is 5.78. The standard InChI is InChI=1S/C17H20N2O5S3/c1-10(2)14(15(20)18-11-5-7-27(22,23)9-11)19-16(21)13(26-17(19)25)8-12-4-3-6-24-12/h3-4,6,8,10-11,14H,5,7,9H2,1-2H3,(H,18,20)/b13-8+/t11-,14+/m0/s1. The molecule has 0 bridgehead atoms. The minimum absolute atomic E-state index is 0.0667. The molecule has 27 heavy (non-hydrogen) atoms. The lowest BCUT2D eigenvalue weighted by Crippen LogP contribution is -2.53. The summed E-state index contributed by atoms with van der Waals surface area (Å²) in [6.07, 6.45) is 3.49. The molecule has 2 amide bonds. The molecule has 2 aliphatic heterocycles. The van der Waals surface area contributed by atoms with E-state index >= 15 is 0 Å². The zero-order chi connectivity index (χ0) is 19.8. The van der Waals surface area contributed by atoms with Crippen molar-refractivity contribution in [3.63, 3.8) is 0 Å². The number of carbonyl (C=O) groups excluding carboxylic acids is 2. The van der Waals surface area contributed by atoms with Gasteiger partial charge < -0.3 is 9.73 Å². The Labute approximate surface area is 167 Å². The molecule has 1 aromatic rings. The third-order valence-electron chi connectivity index (χ3n) is 4.40. The van der Waals surface area contributed by atoms with E-state index in [1.54, 1.807) is 18.2 Å². The number of carbonyl (C=O) groups is 2. The van der Waals surface area contributed by atoms with Crippen LogP contribution in [0.25, 0.3) is 6.08 Å². The number of nitrogens with one attached hydrogen (secondary N) is 1. The Morgan fingerprint density at radius 1 is 1.48 bits per heavy atom. The summed E-state index contributed by atoms with van der Waals surface area (Å²) in [4.78, 5) is 27.4. The molecule has 3 heterocycles. The molecular weight excluding hydrogens is 408 g/mol. The number of nitrogens with zero attached hydrogens (tertiary/aromatic N) is 1. The summed E-state index contributed by atoms with van der Waals surface area (Å²) < 4.78 is 28.8. The smallest absolute Gasteiger partial charge is 0.267 e. The third kappa shape index (κ3) is 4.44. The van der Waals surface area contributed by atoms with Gasteiger partial charge in [0.2, 0.25) is 5.91 Å². The van der Waals surface area contributed by atoms with Gasteiger partial charge in [0.1, 0.15) is 16.1 Å². The second-order valence-electron chi connectivity index (χ2n) is 6.86. The molecule has 0 spiro atoms. The van der Waals surface area contributed by atoms with Gasteiger partial charge in [0.05, 0.1) is 22.7 Å². The van der Waals surface area contributed by atoms with E-state index in [1.165, 1.54) is 11.2 Å². The maximum absolute atomic E-state index is 12.9. The summed E-state index contributed by atoms with van der Waals surface area (Å²) in [5.41, 5.74) is 0. The van der Waals surface area contributed by atoms with Gasteiger partial charge in [0.15, 0.2) is 9.84 Å². The van der Waals surface area contributed by atoms with Gasteiger partial charge in [-0.25, -0.2) is 8.42 Å². The molecule has 2 saturated heterocycles. The first-order chi connectivity index (χ1) is 12.7. The quantitative estimate of drug-likeness (QED) is 0.564. The highest BCUT2D eigenvalue weighted by Crippen LogP contribution is 2.35. The van der Waals surface area contributed by atoms with Crippen molar-refractivity contribution in [3.05, 3.63) is 29.1 Å². The molecule has 7 nitrogen and oxygen atoms in total. The van der Waals surface area contributed by atoms with Crippen molar-refractivity contribution in [1.29, 1.82) is 0 Å². The molecule has 146 valence electrons. The van der Waals surface area contributed by atoms with Crippen molar-refractivity contribution in [1.82, 2.24) is 10.2 Å². The third-order valence-corrected chi connectivity index (χ3v) is 7.50. The van der Waals surface area contributed by atoms with Crippen LogP contribution in [0.4, 0.5) is 0 Å². The van der Waals surface area contributed by atoms with Crippen LogP contribution in [0.1, 0.15) is 26.0 Å². The van der Waals surface area contributed by atoms with E-state index < -0.39 is 21.9 Å². The highest BCUT2D eigenvalue weighted by molar-refractivity contribution is 8.26. The summed E-state index contributed by atoms with van der Waals surface area (Å²) in [6.45, 7) is 3.65. The van der Waals surface area contributed by atoms with Gasteiger partial charge in [-0.15, -0.1) is 0 Å². The van der Waals surface area contributed by atoms with Crippen molar-refractivity contribution in [2.75, 3.05) is 11.5 Å². The molecule has 0 aliphatic carbocycles. The van der Waals surface area contributed by atoms with Crippen LogP contribution in [0.5, 0.6) is 0 Å². The van der Waals surface area contributed by atoms with Gasteiger partial charge in [0, 0.05) is 12.1 Å². The van der Waals surface area contributed by atoms with Crippen LogP contribution in [0, 0.1) is 5.92 Å². The summed E-state index contributed by atoms with van der Waals surface area (Å²) in [6, 6.07) is 2.20. The van der Waals surface area contributed by atoms with Gasteiger partial charge in [-0.2, -0.15) is 0 Å². The van der Waals surface area contributed by atoms with Crippen LogP contribution in [0.15, 0.2) is 27.7 Å². The minimum Gasteiger partial charge on any atom is -0.465 e. The molecule has 3 rings (SSSR count). The van der Waals surface area contributed by atoms with Crippen LogP contribution in [-0.4, -0.2) is 53.0 Å². The Morgan fingerprint density at radius 3 is 2.78 bits per heavy atom. The van der Waals surface area contributed by atoms with Gasteiger partial charge in [-0.1, -0.05) is 37.8 Å². The average molecular weight is 429 g/mol. The molecular formula is C17H20N2O5S3. The van der Waals surface area contributed by atoms with Crippen molar-refractivity contribution in [2.24, 2.45) is 5.92 Å². The maximum Gasteiger partial charge on any atom is 0.267 e. The van der Waals surface area contributed by atoms with Crippen LogP contribution in [-0.2, 0) is 19.4 Å². The number of thiocarbonyl (C=S) groups is 1. The van der Waals surface area contributed by atoms with Crippen LogP contribution >= 0.6 is 24.0 Å². The van der Waals surface area contributed by atoms with Crippen molar-refractivity contribution in [2.45, 2.75) is 32.4 Å². The number of hydrogen-bond donors (Lipinski definition) is 1. The molecule has 1 aromatic heterocycles. The largest absolute Gasteiger partial charge is 0.465 e. The van der Waals surface area contributed by atoms with Gasteiger partial charge in [-0.05, 0) is 24.5 Å². The lowest BCUT2D eigenvalue weighted by molar-refractivity contribution is -0.134. The fourth-order valence-electron chi connectivity index (χ4n) is 3.14. The fraction of sp³-hybridized carbons (Fsp3) is 0.471. The topological polar surface area (TPSA) is 96.7 Å². The second-order valence-corrected chi connectivity index (χ2v) is 10.8. The second kappa shape index (κ2) is 7.76. The highest BCUT2D eigenvalue weighted by atomic mass is 32.2. The number of sulfone groups is 1. The van der Waals surface area contributed by atoms with Gasteiger partial charge in [0.25, 0.3) is 5.91 Å². The lowest BCUT2D eigenvalue weighted by atomic mass is 10.0. The van der Waals surface area contributed by atoms with Gasteiger partial charge in [-0.3, -0.25) is 14.5 Å². The van der Waals surface area contributed by atoms with Crippen molar-refractivity contribution >= 4 is 56.0 Å². The van der Waals surface area contributed by atoms with E-state index in [-0.39, 0.29) is 29.2 Å². The first kappa shape index (κ1) is 20.1. The number of thioether (sulfide) groups is 1. The number of amides is 2. The minimum atomic E-state index is -3.11. The first-order valence-corrected chi connectivity index (χ1v) is 11.5. The number of rotatable bonds is 5. The molecule has 0 unspecified atom stereocenters. The van der Waals surface area contributed by atoms with E-state index in [0.717, 1.165) is 11.8 Å². The number of hydrogen-bond acceptors (Lipinski definition) is 7. The van der Waals surface area contributed by atoms with E-state index in [4.69, 9.17) is 16.6 Å². The first-order valence-electron chi connectivity index (χ1n) is 8.49. The SMILES string of the molecule is CC(C)[C@H](C(=O)N[C@H]1CCS(=O)(=O)C1)N1C(=O)/C(=C\c2ccco2)SC1=S. The zero-order valence-electron chi connectivity index (χ0n) is 14.9. The molecule has 2 aliphatic rings. The fourth-order valence-corrected chi connectivity index (χ4v) is 6.12. The zero-order valence-corrected chi connectivity index (χ0v) is 17.3. The van der Waals surface area contributed by atoms with Crippen LogP contribution < -0.4 is 5.32 Å². The monoisotopic (exact) mass is 428 g/mol. The molecule has 1 N–H and O–H groups in total. The normalized spacial score (nSPS) is 24.8. The Balaban J connectivity index is 1.79. The molecule has 0 saturated carbocycles. The lowest BCUT2D eigenvalue weighted by Gasteiger charge is -2.29. The van der Waals surface area contributed by atoms with E-state index in [1.807, 2.05) is 13.8 Å². The maximum atomic E-state index is 12.9. The predicted molar refractivity (Wildman–Crippen MR) is 108 cm³/mol. The van der Waals surface area contributed by atoms with Crippen molar-refractivity contribution in [3.8, 4) is 0 Å². The van der Waals surface area contributed by atoms with Gasteiger partial charge >= 0.3 is 0 Å². The molecule has 2 atom stereocenters. The highest BCUT2D eigenvalue weighted by Gasteiger charge is 2.43. The van der Waals surface area contributed by atoms with E-state index in [0.29, 0.717) is 21.4 Å². The Hall–Kier alpha value is -1.65. The Morgan fingerprint density at radius 2 is 2.22 bits per heavy atom. The summed E-state index contributed by atoms with van der Waals surface area (Å²) in [5, 5.41) is 2.78. The molecule has 10 heteroatoms. The summed E-state index contributed by atoms with van der Waals surface area (Å²) in [7, 11) is -3.11. The average Bonchev–Trinajstić information content (AvgIpc) is 3.25. The van der Waals surface area contributed by atoms with E-state index in [2.05, 4.69) is 5.32 Å². The summed E-state index contributed by atoms with van der Waals surface area (Å²) in [5.74, 6) is -0.417. The Bertz CT molecular complexity index is 890. The molecule has 0 radical (unpaired) electrons. The molecule has 2 fully saturated rings.